The smallest absolute Gasteiger partial charge is 0.297 e. The molecule has 2 amide bonds. The molecule has 0 bridgehead atoms. The molecule has 2 aromatic rings. The highest BCUT2D eigenvalue weighted by atomic mass is 16.7. The molecule has 0 unspecified atom stereocenters. The molecule has 2 rings (SSSR count). The Bertz CT molecular complexity index is 580. The number of rotatable bonds is 5. The van der Waals surface area contributed by atoms with Gasteiger partial charge in [0.05, 0.1) is 0 Å². The van der Waals surface area contributed by atoms with Crippen molar-refractivity contribution in [3.63, 3.8) is 0 Å². The summed E-state index contributed by atoms with van der Waals surface area (Å²) in [5, 5.41) is 3.61. The minimum atomic E-state index is -0.689. The van der Waals surface area contributed by atoms with E-state index in [9.17, 15) is 9.59 Å². The van der Waals surface area contributed by atoms with Gasteiger partial charge >= 0.3 is 0 Å². The van der Waals surface area contributed by atoms with Crippen LogP contribution in [-0.4, -0.2) is 23.6 Å². The Labute approximate surface area is 108 Å². The van der Waals surface area contributed by atoms with E-state index in [1.807, 2.05) is 35.8 Å². The third-order valence-corrected chi connectivity index (χ3v) is 2.18. The number of nitrogens with two attached hydrogens (primary N) is 1. The number of amides is 2. The van der Waals surface area contributed by atoms with Crippen molar-refractivity contribution in [2.75, 3.05) is 6.61 Å². The Balaban J connectivity index is 2.01. The molecule has 98 valence electrons. The Kier molecular flexibility index (Phi) is 3.89. The lowest BCUT2D eigenvalue weighted by atomic mass is 10.2. The number of aromatic nitrogens is 1. The van der Waals surface area contributed by atoms with Crippen LogP contribution < -0.4 is 11.2 Å². The van der Waals surface area contributed by atoms with Gasteiger partial charge in [-0.15, -0.1) is 0 Å². The van der Waals surface area contributed by atoms with Crippen molar-refractivity contribution in [1.29, 1.82) is 0 Å². The third kappa shape index (κ3) is 3.39. The standard InChI is InChI=1S/C12H11N3O4/c13-11(16)7-18-15-12(17)9-6-10(19-14-9)8-4-2-1-3-5-8/h1-6H,7H2,(H2,13,16)(H,15,17). The molecule has 0 saturated heterocycles. The molecule has 0 radical (unpaired) electrons. The first-order valence-corrected chi connectivity index (χ1v) is 5.39. The van der Waals surface area contributed by atoms with Gasteiger partial charge in [0.2, 0.25) is 5.91 Å². The van der Waals surface area contributed by atoms with Crippen molar-refractivity contribution >= 4 is 11.8 Å². The summed E-state index contributed by atoms with van der Waals surface area (Å²) in [5.41, 5.74) is 7.72. The van der Waals surface area contributed by atoms with Gasteiger partial charge in [0.15, 0.2) is 18.1 Å². The maximum Gasteiger partial charge on any atom is 0.297 e. The van der Waals surface area contributed by atoms with Gasteiger partial charge in [-0.1, -0.05) is 35.5 Å². The second-order valence-electron chi connectivity index (χ2n) is 3.63. The summed E-state index contributed by atoms with van der Waals surface area (Å²) in [5.74, 6) is -0.849. The van der Waals surface area contributed by atoms with Crippen molar-refractivity contribution in [3.8, 4) is 11.3 Å². The van der Waals surface area contributed by atoms with E-state index in [0.29, 0.717) is 5.76 Å². The molecule has 7 heteroatoms. The molecule has 1 aromatic carbocycles. The van der Waals surface area contributed by atoms with Crippen LogP contribution in [-0.2, 0) is 9.63 Å². The molecule has 1 heterocycles. The van der Waals surface area contributed by atoms with Crippen LogP contribution in [0.15, 0.2) is 40.9 Å². The highest BCUT2D eigenvalue weighted by Crippen LogP contribution is 2.19. The zero-order valence-corrected chi connectivity index (χ0v) is 9.83. The van der Waals surface area contributed by atoms with E-state index in [0.717, 1.165) is 5.56 Å². The number of benzene rings is 1. The number of hydrogen-bond acceptors (Lipinski definition) is 5. The number of primary amides is 1. The maximum absolute atomic E-state index is 11.6. The molecular weight excluding hydrogens is 250 g/mol. The van der Waals surface area contributed by atoms with Gasteiger partial charge in [0.25, 0.3) is 5.91 Å². The monoisotopic (exact) mass is 261 g/mol. The zero-order valence-electron chi connectivity index (χ0n) is 9.83. The van der Waals surface area contributed by atoms with E-state index in [1.54, 1.807) is 0 Å². The highest BCUT2D eigenvalue weighted by Gasteiger charge is 2.13. The van der Waals surface area contributed by atoms with Crippen LogP contribution in [0.3, 0.4) is 0 Å². The van der Waals surface area contributed by atoms with E-state index in [4.69, 9.17) is 10.3 Å². The molecule has 0 aliphatic heterocycles. The van der Waals surface area contributed by atoms with Crippen molar-refractivity contribution in [2.24, 2.45) is 5.73 Å². The van der Waals surface area contributed by atoms with Crippen LogP contribution >= 0.6 is 0 Å². The molecule has 3 N–H and O–H groups in total. The zero-order chi connectivity index (χ0) is 13.7. The second-order valence-corrected chi connectivity index (χ2v) is 3.63. The summed E-state index contributed by atoms with van der Waals surface area (Å²) < 4.78 is 5.04. The Hall–Kier alpha value is -2.67. The van der Waals surface area contributed by atoms with Gasteiger partial charge in [-0.2, -0.15) is 0 Å². The molecule has 0 aliphatic carbocycles. The number of carbonyl (C=O) groups excluding carboxylic acids is 2. The number of hydroxylamine groups is 1. The lowest BCUT2D eigenvalue weighted by Gasteiger charge is -2.00. The predicted octanol–water partition coefficient (Wildman–Crippen LogP) is 0.488. The van der Waals surface area contributed by atoms with Crippen molar-refractivity contribution in [1.82, 2.24) is 10.6 Å². The van der Waals surface area contributed by atoms with Crippen molar-refractivity contribution in [2.45, 2.75) is 0 Å². The van der Waals surface area contributed by atoms with Crippen LogP contribution in [0.1, 0.15) is 10.5 Å². The third-order valence-electron chi connectivity index (χ3n) is 2.18. The molecule has 0 saturated carbocycles. The summed E-state index contributed by atoms with van der Waals surface area (Å²) in [4.78, 5) is 26.5. The highest BCUT2D eigenvalue weighted by molar-refractivity contribution is 5.92. The average molecular weight is 261 g/mol. The number of carbonyl (C=O) groups is 2. The van der Waals surface area contributed by atoms with Gasteiger partial charge < -0.3 is 10.3 Å². The molecule has 0 fully saturated rings. The van der Waals surface area contributed by atoms with Gasteiger partial charge in [0, 0.05) is 11.6 Å². The second kappa shape index (κ2) is 5.78. The summed E-state index contributed by atoms with van der Waals surface area (Å²) in [7, 11) is 0. The summed E-state index contributed by atoms with van der Waals surface area (Å²) in [6, 6.07) is 10.7. The minimum Gasteiger partial charge on any atom is -0.368 e. The fraction of sp³-hybridized carbons (Fsp3) is 0.0833. The van der Waals surface area contributed by atoms with Gasteiger partial charge in [0.1, 0.15) is 0 Å². The first-order valence-electron chi connectivity index (χ1n) is 5.39. The Morgan fingerprint density at radius 1 is 1.32 bits per heavy atom. The maximum atomic E-state index is 11.6. The SMILES string of the molecule is NC(=O)CONC(=O)c1cc(-c2ccccc2)on1. The fourth-order valence-corrected chi connectivity index (χ4v) is 1.35. The lowest BCUT2D eigenvalue weighted by molar-refractivity contribution is -0.124. The van der Waals surface area contributed by atoms with Gasteiger partial charge in [-0.3, -0.25) is 14.4 Å². The summed E-state index contributed by atoms with van der Waals surface area (Å²) in [6.45, 7) is -0.408. The van der Waals surface area contributed by atoms with Gasteiger partial charge in [-0.05, 0) is 0 Å². The van der Waals surface area contributed by atoms with E-state index in [1.165, 1.54) is 6.07 Å². The molecule has 0 aliphatic rings. The molecule has 19 heavy (non-hydrogen) atoms. The Morgan fingerprint density at radius 2 is 2.05 bits per heavy atom. The van der Waals surface area contributed by atoms with Crippen LogP contribution in [0.5, 0.6) is 0 Å². The lowest BCUT2D eigenvalue weighted by Crippen LogP contribution is -2.29. The first kappa shape index (κ1) is 12.8. The average Bonchev–Trinajstić information content (AvgIpc) is 2.89. The van der Waals surface area contributed by atoms with Crippen molar-refractivity contribution in [3.05, 3.63) is 42.1 Å². The van der Waals surface area contributed by atoms with E-state index >= 15 is 0 Å². The molecular formula is C12H11N3O4. The first-order chi connectivity index (χ1) is 9.16. The summed E-state index contributed by atoms with van der Waals surface area (Å²) >= 11 is 0. The number of nitrogens with zero attached hydrogens (tertiary/aromatic N) is 1. The molecule has 7 nitrogen and oxygen atoms in total. The van der Waals surface area contributed by atoms with Crippen LogP contribution in [0.4, 0.5) is 0 Å². The summed E-state index contributed by atoms with van der Waals surface area (Å²) in [6.07, 6.45) is 0. The van der Waals surface area contributed by atoms with Crippen molar-refractivity contribution < 1.29 is 18.9 Å². The van der Waals surface area contributed by atoms with E-state index in [-0.39, 0.29) is 5.69 Å². The Morgan fingerprint density at radius 3 is 2.74 bits per heavy atom. The number of hydrogen-bond donors (Lipinski definition) is 2. The normalized spacial score (nSPS) is 10.1. The minimum absolute atomic E-state index is 0.0447. The fourth-order valence-electron chi connectivity index (χ4n) is 1.35. The predicted molar refractivity (Wildman–Crippen MR) is 64.6 cm³/mol. The topological polar surface area (TPSA) is 107 Å². The molecule has 0 atom stereocenters. The van der Waals surface area contributed by atoms with E-state index in [2.05, 4.69) is 9.99 Å². The largest absolute Gasteiger partial charge is 0.368 e. The van der Waals surface area contributed by atoms with Crippen LogP contribution in [0, 0.1) is 0 Å². The van der Waals surface area contributed by atoms with E-state index < -0.39 is 18.4 Å². The molecule has 1 aromatic heterocycles. The van der Waals surface area contributed by atoms with Crippen LogP contribution in [0.25, 0.3) is 11.3 Å². The number of nitrogens with one attached hydrogen (secondary N) is 1. The molecule has 0 spiro atoms. The van der Waals surface area contributed by atoms with Gasteiger partial charge in [-0.25, -0.2) is 5.48 Å². The van der Waals surface area contributed by atoms with Crippen LogP contribution in [0.2, 0.25) is 0 Å². The quantitative estimate of drug-likeness (QED) is 0.761.